The molecule has 11 heteroatoms. The monoisotopic (exact) mass is 508 g/mol. The minimum atomic E-state index is -3.70. The third kappa shape index (κ3) is 6.21. The SMILES string of the molecule is C/C=C(\C=C(\c1nc2c(c(=O)[nH]1)N(C)NC(CCC)C2)C(C)OCC)S(=O)(=O)N1CCN(C)CC1. The van der Waals surface area contributed by atoms with Crippen molar-refractivity contribution < 1.29 is 13.2 Å². The number of rotatable bonds is 9. The highest BCUT2D eigenvalue weighted by Gasteiger charge is 2.30. The summed E-state index contributed by atoms with van der Waals surface area (Å²) in [6.07, 6.45) is 5.32. The average molecular weight is 509 g/mol. The zero-order valence-electron chi connectivity index (χ0n) is 21.8. The molecule has 0 bridgehead atoms. The molecule has 3 heterocycles. The molecule has 0 spiro atoms. The Hall–Kier alpha value is -2.05. The molecular formula is C24H40N6O4S. The predicted octanol–water partition coefficient (Wildman–Crippen LogP) is 1.72. The van der Waals surface area contributed by atoms with Crippen molar-refractivity contribution in [3.8, 4) is 0 Å². The number of sulfonamides is 1. The fourth-order valence-electron chi connectivity index (χ4n) is 4.63. The smallest absolute Gasteiger partial charge is 0.276 e. The van der Waals surface area contributed by atoms with Crippen molar-refractivity contribution in [2.75, 3.05) is 51.9 Å². The summed E-state index contributed by atoms with van der Waals surface area (Å²) < 4.78 is 34.3. The van der Waals surface area contributed by atoms with Gasteiger partial charge in [0.05, 0.1) is 16.7 Å². The number of H-pyrrole nitrogens is 1. The maximum Gasteiger partial charge on any atom is 0.276 e. The third-order valence-corrected chi connectivity index (χ3v) is 8.56. The van der Waals surface area contributed by atoms with Crippen molar-refractivity contribution >= 4 is 21.3 Å². The summed E-state index contributed by atoms with van der Waals surface area (Å²) in [5.41, 5.74) is 4.79. The van der Waals surface area contributed by atoms with Gasteiger partial charge in [-0.1, -0.05) is 19.4 Å². The Kier molecular flexibility index (Phi) is 9.28. The van der Waals surface area contributed by atoms with E-state index in [-0.39, 0.29) is 16.5 Å². The van der Waals surface area contributed by atoms with Gasteiger partial charge in [0.2, 0.25) is 10.0 Å². The third-order valence-electron chi connectivity index (χ3n) is 6.57. The molecule has 1 saturated heterocycles. The van der Waals surface area contributed by atoms with E-state index in [2.05, 4.69) is 22.2 Å². The fraction of sp³-hybridized carbons (Fsp3) is 0.667. The Morgan fingerprint density at radius 1 is 1.23 bits per heavy atom. The van der Waals surface area contributed by atoms with Crippen LogP contribution in [0.4, 0.5) is 5.69 Å². The van der Waals surface area contributed by atoms with Crippen molar-refractivity contribution in [3.63, 3.8) is 0 Å². The first kappa shape index (κ1) is 27.5. The fourth-order valence-corrected chi connectivity index (χ4v) is 6.14. The number of likely N-dealkylation sites (N-methyl/N-ethyl adjacent to an activating group) is 1. The number of allylic oxidation sites excluding steroid dienone is 2. The molecule has 2 N–H and O–H groups in total. The quantitative estimate of drug-likeness (QED) is 0.485. The Balaban J connectivity index is 2.06. The normalized spacial score (nSPS) is 21.8. The van der Waals surface area contributed by atoms with Crippen LogP contribution in [-0.2, 0) is 21.2 Å². The topological polar surface area (TPSA) is 111 Å². The second kappa shape index (κ2) is 11.8. The maximum absolute atomic E-state index is 13.5. The number of hydrogen-bond donors (Lipinski definition) is 2. The van der Waals surface area contributed by atoms with E-state index in [1.165, 1.54) is 4.31 Å². The van der Waals surface area contributed by atoms with E-state index in [1.54, 1.807) is 24.1 Å². The van der Waals surface area contributed by atoms with E-state index in [0.29, 0.717) is 62.0 Å². The summed E-state index contributed by atoms with van der Waals surface area (Å²) in [5, 5.41) is 1.74. The van der Waals surface area contributed by atoms with E-state index < -0.39 is 16.1 Å². The molecule has 1 aromatic rings. The van der Waals surface area contributed by atoms with E-state index in [9.17, 15) is 13.2 Å². The molecule has 35 heavy (non-hydrogen) atoms. The Morgan fingerprint density at radius 3 is 2.51 bits per heavy atom. The maximum atomic E-state index is 13.5. The number of aromatic nitrogens is 2. The van der Waals surface area contributed by atoms with Gasteiger partial charge in [0, 0.05) is 57.9 Å². The standard InChI is InChI=1S/C24H40N6O4S/c1-7-10-18-15-21-22(29(6)27-18)24(31)26-23(25-21)20(17(4)34-9-3)16-19(8-2)35(32,33)30-13-11-28(5)12-14-30/h8,16-18,27H,7,9-15H2,1-6H3,(H,25,26,31)/b19-8+,20-16+. The Morgan fingerprint density at radius 2 is 1.91 bits per heavy atom. The van der Waals surface area contributed by atoms with Crippen LogP contribution in [0.15, 0.2) is 21.9 Å². The number of fused-ring (bicyclic) bond motifs is 1. The summed E-state index contributed by atoms with van der Waals surface area (Å²) in [7, 11) is 0.0977. The zero-order valence-corrected chi connectivity index (χ0v) is 22.6. The lowest BCUT2D eigenvalue weighted by atomic mass is 10.0. The molecule has 0 saturated carbocycles. The van der Waals surface area contributed by atoms with Crippen molar-refractivity contribution in [2.45, 2.75) is 59.1 Å². The Bertz CT molecular complexity index is 1110. The summed E-state index contributed by atoms with van der Waals surface area (Å²) in [5.74, 6) is 0.341. The second-order valence-electron chi connectivity index (χ2n) is 9.18. The molecule has 1 fully saturated rings. The van der Waals surface area contributed by atoms with Gasteiger partial charge in [-0.15, -0.1) is 0 Å². The second-order valence-corrected chi connectivity index (χ2v) is 11.1. The number of piperazine rings is 1. The van der Waals surface area contributed by atoms with Crippen molar-refractivity contribution in [2.24, 2.45) is 0 Å². The molecule has 2 aliphatic heterocycles. The van der Waals surface area contributed by atoms with Gasteiger partial charge in [-0.2, -0.15) is 4.31 Å². The van der Waals surface area contributed by atoms with Gasteiger partial charge >= 0.3 is 0 Å². The van der Waals surface area contributed by atoms with Crippen molar-refractivity contribution in [3.05, 3.63) is 38.9 Å². The molecule has 0 amide bonds. The number of nitrogens with one attached hydrogen (secondary N) is 2. The van der Waals surface area contributed by atoms with Crippen LogP contribution in [-0.4, -0.2) is 86.6 Å². The number of ether oxygens (including phenoxy) is 1. The van der Waals surface area contributed by atoms with Gasteiger partial charge in [-0.05, 0) is 40.3 Å². The summed E-state index contributed by atoms with van der Waals surface area (Å²) in [4.78, 5) is 23.1. The molecule has 3 rings (SSSR count). The van der Waals surface area contributed by atoms with Crippen molar-refractivity contribution in [1.82, 2.24) is 24.6 Å². The van der Waals surface area contributed by atoms with Crippen LogP contribution in [0, 0.1) is 0 Å². The average Bonchev–Trinajstić information content (AvgIpc) is 2.79. The van der Waals surface area contributed by atoms with Crippen LogP contribution in [0.25, 0.3) is 5.57 Å². The lowest BCUT2D eigenvalue weighted by Crippen LogP contribution is -2.50. The minimum Gasteiger partial charge on any atom is -0.374 e. The van der Waals surface area contributed by atoms with Gasteiger partial charge in [0.15, 0.2) is 0 Å². The van der Waals surface area contributed by atoms with Crippen LogP contribution in [0.5, 0.6) is 0 Å². The zero-order chi connectivity index (χ0) is 25.8. The molecule has 196 valence electrons. The molecule has 2 aliphatic rings. The highest BCUT2D eigenvalue weighted by atomic mass is 32.2. The first-order valence-corrected chi connectivity index (χ1v) is 13.9. The number of nitrogens with zero attached hydrogens (tertiary/aromatic N) is 4. The molecule has 0 aromatic carbocycles. The highest BCUT2D eigenvalue weighted by Crippen LogP contribution is 2.27. The predicted molar refractivity (Wildman–Crippen MR) is 140 cm³/mol. The van der Waals surface area contributed by atoms with E-state index in [4.69, 9.17) is 9.72 Å². The van der Waals surface area contributed by atoms with Gasteiger partial charge < -0.3 is 19.6 Å². The van der Waals surface area contributed by atoms with Crippen LogP contribution < -0.4 is 16.0 Å². The molecule has 10 nitrogen and oxygen atoms in total. The number of aromatic amines is 1. The Labute approximate surface area is 209 Å². The van der Waals surface area contributed by atoms with E-state index >= 15 is 0 Å². The molecule has 0 radical (unpaired) electrons. The summed E-state index contributed by atoms with van der Waals surface area (Å²) >= 11 is 0. The van der Waals surface area contributed by atoms with Crippen LogP contribution >= 0.6 is 0 Å². The first-order chi connectivity index (χ1) is 16.6. The van der Waals surface area contributed by atoms with Gasteiger partial charge in [0.25, 0.3) is 5.56 Å². The highest BCUT2D eigenvalue weighted by molar-refractivity contribution is 7.93. The summed E-state index contributed by atoms with van der Waals surface area (Å²) in [6, 6.07) is 0.181. The van der Waals surface area contributed by atoms with Gasteiger partial charge in [0.1, 0.15) is 11.5 Å². The number of anilines is 1. The van der Waals surface area contributed by atoms with Crippen LogP contribution in [0.3, 0.4) is 0 Å². The van der Waals surface area contributed by atoms with Crippen molar-refractivity contribution in [1.29, 1.82) is 0 Å². The summed E-state index contributed by atoms with van der Waals surface area (Å²) in [6.45, 7) is 10.2. The molecule has 1 aromatic heterocycles. The minimum absolute atomic E-state index is 0.173. The van der Waals surface area contributed by atoms with E-state index in [1.807, 2.05) is 27.9 Å². The number of hydrazine groups is 1. The number of hydrogen-bond acceptors (Lipinski definition) is 8. The van der Waals surface area contributed by atoms with E-state index in [0.717, 1.165) is 12.8 Å². The van der Waals surface area contributed by atoms with Crippen LogP contribution in [0.1, 0.15) is 52.1 Å². The van der Waals surface area contributed by atoms with Gasteiger partial charge in [-0.25, -0.2) is 18.8 Å². The first-order valence-electron chi connectivity index (χ1n) is 12.4. The lowest BCUT2D eigenvalue weighted by Gasteiger charge is -2.33. The molecular weight excluding hydrogens is 468 g/mol. The molecule has 2 atom stereocenters. The molecule has 2 unspecified atom stereocenters. The molecule has 0 aliphatic carbocycles. The largest absolute Gasteiger partial charge is 0.374 e. The lowest BCUT2D eigenvalue weighted by molar-refractivity contribution is 0.115. The van der Waals surface area contributed by atoms with Crippen LogP contribution in [0.2, 0.25) is 0 Å². The van der Waals surface area contributed by atoms with Gasteiger partial charge in [-0.3, -0.25) is 4.79 Å².